The summed E-state index contributed by atoms with van der Waals surface area (Å²) in [5.74, 6) is 0.354. The van der Waals surface area contributed by atoms with Gasteiger partial charge in [0.05, 0.1) is 11.2 Å². The molecule has 1 aromatic heterocycles. The first-order valence-corrected chi connectivity index (χ1v) is 9.20. The molecule has 1 heterocycles. The van der Waals surface area contributed by atoms with Crippen LogP contribution in [0.2, 0.25) is 5.02 Å². The van der Waals surface area contributed by atoms with Crippen molar-refractivity contribution in [3.8, 4) is 17.0 Å². The third-order valence-corrected chi connectivity index (χ3v) is 4.48. The SMILES string of the molecule is O=C(COc1ccc(Cl)cc1)Nc1cccc(-c2ccc3ccccc3n2)c1. The number of carbonyl (C=O) groups excluding carboxylic acids is 1. The first-order chi connectivity index (χ1) is 13.7. The molecule has 0 aliphatic heterocycles. The average Bonchev–Trinajstić information content (AvgIpc) is 2.73. The minimum absolute atomic E-state index is 0.0832. The standard InChI is InChI=1S/C23H17ClN2O2/c24-18-9-11-20(12-10-18)28-15-23(27)25-19-6-3-5-17(14-19)22-13-8-16-4-1-2-7-21(16)26-22/h1-14H,15H2,(H,25,27). The molecule has 0 unspecified atom stereocenters. The maximum absolute atomic E-state index is 12.2. The van der Waals surface area contributed by atoms with Gasteiger partial charge < -0.3 is 10.1 Å². The van der Waals surface area contributed by atoms with E-state index < -0.39 is 0 Å². The van der Waals surface area contributed by atoms with E-state index in [1.54, 1.807) is 24.3 Å². The Morgan fingerprint density at radius 1 is 0.929 bits per heavy atom. The van der Waals surface area contributed by atoms with E-state index in [1.165, 1.54) is 0 Å². The number of fused-ring (bicyclic) bond motifs is 1. The molecule has 0 aliphatic rings. The molecule has 5 heteroatoms. The molecule has 0 spiro atoms. The fourth-order valence-corrected chi connectivity index (χ4v) is 2.99. The van der Waals surface area contributed by atoms with Gasteiger partial charge in [-0.3, -0.25) is 4.79 Å². The number of ether oxygens (including phenoxy) is 1. The van der Waals surface area contributed by atoms with E-state index in [0.29, 0.717) is 16.5 Å². The Labute approximate surface area is 167 Å². The number of nitrogens with one attached hydrogen (secondary N) is 1. The van der Waals surface area contributed by atoms with Crippen molar-refractivity contribution in [2.24, 2.45) is 0 Å². The van der Waals surface area contributed by atoms with Crippen LogP contribution in [0.3, 0.4) is 0 Å². The Balaban J connectivity index is 1.45. The lowest BCUT2D eigenvalue weighted by molar-refractivity contribution is -0.118. The second-order valence-corrected chi connectivity index (χ2v) is 6.70. The summed E-state index contributed by atoms with van der Waals surface area (Å²) < 4.78 is 5.48. The first kappa shape index (κ1) is 18.0. The fraction of sp³-hybridized carbons (Fsp3) is 0.0435. The maximum atomic E-state index is 12.2. The number of hydrogen-bond acceptors (Lipinski definition) is 3. The highest BCUT2D eigenvalue weighted by Crippen LogP contribution is 2.23. The Bertz CT molecular complexity index is 1130. The summed E-state index contributed by atoms with van der Waals surface area (Å²) in [6.07, 6.45) is 0. The second kappa shape index (κ2) is 8.11. The van der Waals surface area contributed by atoms with Crippen molar-refractivity contribution in [3.63, 3.8) is 0 Å². The number of nitrogens with zero attached hydrogens (tertiary/aromatic N) is 1. The van der Waals surface area contributed by atoms with Gasteiger partial charge in [0.15, 0.2) is 6.61 Å². The second-order valence-electron chi connectivity index (χ2n) is 6.26. The van der Waals surface area contributed by atoms with Crippen LogP contribution in [-0.2, 0) is 4.79 Å². The highest BCUT2D eigenvalue weighted by atomic mass is 35.5. The van der Waals surface area contributed by atoms with Crippen molar-refractivity contribution in [3.05, 3.63) is 90.0 Å². The van der Waals surface area contributed by atoms with Crippen LogP contribution in [0.5, 0.6) is 5.75 Å². The summed E-state index contributed by atoms with van der Waals surface area (Å²) >= 11 is 5.84. The predicted molar refractivity (Wildman–Crippen MR) is 113 cm³/mol. The van der Waals surface area contributed by atoms with Gasteiger partial charge in [-0.15, -0.1) is 0 Å². The van der Waals surface area contributed by atoms with E-state index >= 15 is 0 Å². The van der Waals surface area contributed by atoms with E-state index in [4.69, 9.17) is 21.3 Å². The number of aromatic nitrogens is 1. The van der Waals surface area contributed by atoms with Crippen LogP contribution >= 0.6 is 11.6 Å². The molecule has 4 nitrogen and oxygen atoms in total. The monoisotopic (exact) mass is 388 g/mol. The molecular weight excluding hydrogens is 372 g/mol. The molecular formula is C23H17ClN2O2. The number of hydrogen-bond donors (Lipinski definition) is 1. The van der Waals surface area contributed by atoms with Gasteiger partial charge >= 0.3 is 0 Å². The minimum Gasteiger partial charge on any atom is -0.484 e. The van der Waals surface area contributed by atoms with E-state index in [2.05, 4.69) is 5.32 Å². The van der Waals surface area contributed by atoms with Gasteiger partial charge in [-0.05, 0) is 48.5 Å². The summed E-state index contributed by atoms with van der Waals surface area (Å²) in [5, 5.41) is 4.57. The van der Waals surface area contributed by atoms with E-state index in [-0.39, 0.29) is 12.5 Å². The van der Waals surface area contributed by atoms with Crippen LogP contribution in [0.25, 0.3) is 22.2 Å². The maximum Gasteiger partial charge on any atom is 0.262 e. The highest BCUT2D eigenvalue weighted by Gasteiger charge is 2.07. The molecule has 0 saturated heterocycles. The fourth-order valence-electron chi connectivity index (χ4n) is 2.86. The third kappa shape index (κ3) is 4.30. The Hall–Kier alpha value is -3.37. The first-order valence-electron chi connectivity index (χ1n) is 8.82. The molecule has 1 N–H and O–H groups in total. The largest absolute Gasteiger partial charge is 0.484 e. The van der Waals surface area contributed by atoms with Gasteiger partial charge in [0.1, 0.15) is 5.75 Å². The summed E-state index contributed by atoms with van der Waals surface area (Å²) in [4.78, 5) is 16.9. The van der Waals surface area contributed by atoms with Crippen molar-refractivity contribution in [2.75, 3.05) is 11.9 Å². The highest BCUT2D eigenvalue weighted by molar-refractivity contribution is 6.30. The molecule has 138 valence electrons. The number of halogens is 1. The number of para-hydroxylation sites is 1. The lowest BCUT2D eigenvalue weighted by atomic mass is 10.1. The lowest BCUT2D eigenvalue weighted by Crippen LogP contribution is -2.20. The van der Waals surface area contributed by atoms with Gasteiger partial charge in [0.2, 0.25) is 0 Å². The van der Waals surface area contributed by atoms with Crippen LogP contribution in [0, 0.1) is 0 Å². The molecule has 4 aromatic rings. The van der Waals surface area contributed by atoms with Gasteiger partial charge in [-0.25, -0.2) is 4.98 Å². The van der Waals surface area contributed by atoms with E-state index in [0.717, 1.165) is 22.2 Å². The van der Waals surface area contributed by atoms with Crippen LogP contribution < -0.4 is 10.1 Å². The average molecular weight is 389 g/mol. The Morgan fingerprint density at radius 2 is 1.75 bits per heavy atom. The van der Waals surface area contributed by atoms with Gasteiger partial charge in [-0.1, -0.05) is 48.0 Å². The number of amides is 1. The van der Waals surface area contributed by atoms with E-state index in [1.807, 2.05) is 60.7 Å². The van der Waals surface area contributed by atoms with Crippen molar-refractivity contribution >= 4 is 34.1 Å². The molecule has 0 radical (unpaired) electrons. The molecule has 0 fully saturated rings. The zero-order valence-electron chi connectivity index (χ0n) is 14.9. The van der Waals surface area contributed by atoms with Crippen molar-refractivity contribution in [1.29, 1.82) is 0 Å². The van der Waals surface area contributed by atoms with E-state index in [9.17, 15) is 4.79 Å². The zero-order valence-corrected chi connectivity index (χ0v) is 15.7. The Kier molecular flexibility index (Phi) is 5.22. The quantitative estimate of drug-likeness (QED) is 0.486. The third-order valence-electron chi connectivity index (χ3n) is 4.22. The number of pyridine rings is 1. The molecule has 0 aliphatic carbocycles. The molecule has 28 heavy (non-hydrogen) atoms. The van der Waals surface area contributed by atoms with Crippen LogP contribution in [-0.4, -0.2) is 17.5 Å². The van der Waals surface area contributed by atoms with Crippen LogP contribution in [0.4, 0.5) is 5.69 Å². The number of carbonyl (C=O) groups is 1. The smallest absolute Gasteiger partial charge is 0.262 e. The molecule has 1 amide bonds. The Morgan fingerprint density at radius 3 is 2.61 bits per heavy atom. The summed E-state index contributed by atoms with van der Waals surface area (Å²) in [7, 11) is 0. The van der Waals surface area contributed by atoms with Crippen molar-refractivity contribution in [2.45, 2.75) is 0 Å². The summed E-state index contributed by atoms with van der Waals surface area (Å²) in [5.41, 5.74) is 3.41. The van der Waals surface area contributed by atoms with Crippen LogP contribution in [0.15, 0.2) is 84.9 Å². The van der Waals surface area contributed by atoms with Crippen molar-refractivity contribution in [1.82, 2.24) is 4.98 Å². The van der Waals surface area contributed by atoms with Crippen molar-refractivity contribution < 1.29 is 9.53 Å². The summed E-state index contributed by atoms with van der Waals surface area (Å²) in [6.45, 7) is -0.0832. The number of rotatable bonds is 5. The topological polar surface area (TPSA) is 51.2 Å². The molecule has 0 saturated carbocycles. The predicted octanol–water partition coefficient (Wildman–Crippen LogP) is 5.57. The molecule has 3 aromatic carbocycles. The zero-order chi connectivity index (χ0) is 19.3. The lowest BCUT2D eigenvalue weighted by Gasteiger charge is -2.09. The number of anilines is 1. The minimum atomic E-state index is -0.237. The molecule has 0 bridgehead atoms. The molecule has 4 rings (SSSR count). The van der Waals surface area contributed by atoms with Gasteiger partial charge in [0, 0.05) is 21.7 Å². The van der Waals surface area contributed by atoms with Gasteiger partial charge in [0.25, 0.3) is 5.91 Å². The molecule has 0 atom stereocenters. The van der Waals surface area contributed by atoms with Gasteiger partial charge in [-0.2, -0.15) is 0 Å². The van der Waals surface area contributed by atoms with Crippen LogP contribution in [0.1, 0.15) is 0 Å². The number of benzene rings is 3. The summed E-state index contributed by atoms with van der Waals surface area (Å²) in [6, 6.07) is 26.5. The normalized spacial score (nSPS) is 10.6.